The predicted octanol–water partition coefficient (Wildman–Crippen LogP) is -1.04. The van der Waals surface area contributed by atoms with Crippen molar-refractivity contribution >= 4 is 35.8 Å². The minimum Gasteiger partial charge on any atom is -0.506 e. The molecule has 3 N–H and O–H groups in total. The fourth-order valence-electron chi connectivity index (χ4n) is 3.00. The normalized spacial score (nSPS) is 21.0. The smallest absolute Gasteiger partial charge is 0.359 e. The molecule has 15 heteroatoms. The quantitative estimate of drug-likeness (QED) is 0.241. The molecule has 0 spiro atoms. The van der Waals surface area contributed by atoms with Gasteiger partial charge in [-0.2, -0.15) is 0 Å². The Morgan fingerprint density at radius 3 is 1.37 bits per heavy atom. The molecule has 0 radical (unpaired) electrons. The van der Waals surface area contributed by atoms with Gasteiger partial charge >= 0.3 is 35.8 Å². The lowest BCUT2D eigenvalue weighted by atomic mass is 10.1. The van der Waals surface area contributed by atoms with Crippen molar-refractivity contribution in [2.45, 2.75) is 52.1 Å². The van der Waals surface area contributed by atoms with E-state index in [0.717, 1.165) is 27.7 Å². The number of hydrogen-bond donors (Lipinski definition) is 3. The molecule has 0 unspecified atom stereocenters. The van der Waals surface area contributed by atoms with E-state index in [9.17, 15) is 39.0 Å². The number of carbonyl (C=O) groups is 6. The van der Waals surface area contributed by atoms with Gasteiger partial charge in [0.05, 0.1) is 0 Å². The molecule has 0 saturated carbocycles. The number of cyclic esters (lactones) is 2. The van der Waals surface area contributed by atoms with Gasteiger partial charge in [0, 0.05) is 27.7 Å². The molecule has 2 aliphatic rings. The summed E-state index contributed by atoms with van der Waals surface area (Å²) in [5.41, 5.74) is -1.42. The Morgan fingerprint density at radius 1 is 0.743 bits per heavy atom. The number of aliphatic hydroxyl groups excluding tert-OH is 2. The fourth-order valence-corrected chi connectivity index (χ4v) is 3.00. The maximum Gasteiger partial charge on any atom is 0.359 e. The van der Waals surface area contributed by atoms with Crippen LogP contribution in [-0.4, -0.2) is 83.7 Å². The molecule has 4 atom stereocenters. The highest BCUT2D eigenvalue weighted by Gasteiger charge is 2.46. The van der Waals surface area contributed by atoms with Gasteiger partial charge in [-0.15, -0.1) is 0 Å². The number of esters is 6. The van der Waals surface area contributed by atoms with Gasteiger partial charge in [-0.05, 0) is 0 Å². The number of nitrogens with one attached hydrogen (secondary N) is 1. The maximum absolute atomic E-state index is 12.3. The largest absolute Gasteiger partial charge is 0.506 e. The van der Waals surface area contributed by atoms with Gasteiger partial charge in [0.15, 0.2) is 35.1 Å². The van der Waals surface area contributed by atoms with E-state index in [2.05, 4.69) is 5.32 Å². The Balaban J connectivity index is 2.31. The third-order valence-electron chi connectivity index (χ3n) is 4.39. The van der Waals surface area contributed by atoms with Gasteiger partial charge in [-0.25, -0.2) is 9.59 Å². The van der Waals surface area contributed by atoms with E-state index in [1.165, 1.54) is 0 Å². The summed E-state index contributed by atoms with van der Waals surface area (Å²) in [6.45, 7) is 3.09. The maximum atomic E-state index is 12.3. The third-order valence-corrected chi connectivity index (χ3v) is 4.39. The first-order chi connectivity index (χ1) is 16.3. The van der Waals surface area contributed by atoms with Crippen LogP contribution < -0.4 is 5.32 Å². The highest BCUT2D eigenvalue weighted by Crippen LogP contribution is 2.28. The minimum absolute atomic E-state index is 0.567. The molecule has 15 nitrogen and oxygen atoms in total. The van der Waals surface area contributed by atoms with Gasteiger partial charge < -0.3 is 44.0 Å². The second kappa shape index (κ2) is 11.2. The van der Waals surface area contributed by atoms with Crippen LogP contribution in [0.2, 0.25) is 0 Å². The summed E-state index contributed by atoms with van der Waals surface area (Å²) < 4.78 is 29.3. The Hall–Kier alpha value is -4.30. The number of rotatable bonds is 10. The molecule has 0 fully saturated rings. The van der Waals surface area contributed by atoms with E-state index in [1.807, 2.05) is 0 Å². The monoisotopic (exact) mass is 501 g/mol. The molecule has 0 amide bonds. The number of hydrogen-bond acceptors (Lipinski definition) is 15. The zero-order chi connectivity index (χ0) is 26.4. The van der Waals surface area contributed by atoms with Crippen LogP contribution in [0.15, 0.2) is 22.9 Å². The van der Waals surface area contributed by atoms with Gasteiger partial charge in [0.2, 0.25) is 12.2 Å². The van der Waals surface area contributed by atoms with Crippen LogP contribution >= 0.6 is 0 Å². The Kier molecular flexibility index (Phi) is 8.64. The Labute approximate surface area is 197 Å². The molecule has 0 saturated heterocycles. The van der Waals surface area contributed by atoms with Gasteiger partial charge in [-0.3, -0.25) is 19.2 Å². The molecule has 0 aliphatic carbocycles. The molecule has 2 aliphatic heterocycles. The molecule has 0 aromatic heterocycles. The van der Waals surface area contributed by atoms with Crippen molar-refractivity contribution in [3.63, 3.8) is 0 Å². The van der Waals surface area contributed by atoms with Gasteiger partial charge in [0.1, 0.15) is 13.2 Å². The summed E-state index contributed by atoms with van der Waals surface area (Å²) in [5, 5.41) is 23.2. The molecular weight excluding hydrogens is 478 g/mol. The van der Waals surface area contributed by atoms with Crippen LogP contribution in [0.1, 0.15) is 27.7 Å². The lowest BCUT2D eigenvalue weighted by molar-refractivity contribution is -0.168. The first-order valence-electron chi connectivity index (χ1n) is 9.98. The fraction of sp³-hybridized carbons (Fsp3) is 0.500. The summed E-state index contributed by atoms with van der Waals surface area (Å²) in [5.74, 6) is -7.22. The molecule has 2 rings (SSSR count). The van der Waals surface area contributed by atoms with Crippen molar-refractivity contribution in [1.29, 1.82) is 0 Å². The highest BCUT2D eigenvalue weighted by molar-refractivity contribution is 5.97. The van der Waals surface area contributed by atoms with Crippen LogP contribution in [0.3, 0.4) is 0 Å². The van der Waals surface area contributed by atoms with Crippen molar-refractivity contribution in [3.05, 3.63) is 22.9 Å². The lowest BCUT2D eigenvalue weighted by Gasteiger charge is -2.21. The lowest BCUT2D eigenvalue weighted by Crippen LogP contribution is -2.37. The molecule has 0 aromatic carbocycles. The van der Waals surface area contributed by atoms with Crippen molar-refractivity contribution in [3.8, 4) is 0 Å². The van der Waals surface area contributed by atoms with Crippen molar-refractivity contribution in [1.82, 2.24) is 5.32 Å². The summed E-state index contributed by atoms with van der Waals surface area (Å²) in [7, 11) is 0. The SMILES string of the molecule is CC(=O)OC[C@H](OC(C)=O)[C@H]1OC(=O)C(NC2=C(O)[C@@H]([C@H](COC(C)=O)OC(C)=O)OC2=O)=C1O. The second-order valence-corrected chi connectivity index (χ2v) is 7.20. The van der Waals surface area contributed by atoms with Crippen LogP contribution in [0.4, 0.5) is 0 Å². The third kappa shape index (κ3) is 6.84. The van der Waals surface area contributed by atoms with Crippen molar-refractivity contribution in [2.24, 2.45) is 0 Å². The van der Waals surface area contributed by atoms with E-state index in [0.29, 0.717) is 0 Å². The van der Waals surface area contributed by atoms with Gasteiger partial charge in [0.25, 0.3) is 0 Å². The van der Waals surface area contributed by atoms with Crippen LogP contribution in [0.5, 0.6) is 0 Å². The van der Waals surface area contributed by atoms with E-state index >= 15 is 0 Å². The van der Waals surface area contributed by atoms with Crippen LogP contribution in [0, 0.1) is 0 Å². The minimum atomic E-state index is -1.61. The molecule has 35 heavy (non-hydrogen) atoms. The Morgan fingerprint density at radius 2 is 1.09 bits per heavy atom. The average molecular weight is 501 g/mol. The summed E-state index contributed by atoms with van der Waals surface area (Å²) in [6, 6.07) is 0. The van der Waals surface area contributed by atoms with E-state index in [-0.39, 0.29) is 0 Å². The zero-order valence-electron chi connectivity index (χ0n) is 19.0. The van der Waals surface area contributed by atoms with Crippen LogP contribution in [-0.2, 0) is 57.2 Å². The van der Waals surface area contributed by atoms with E-state index in [1.54, 1.807) is 0 Å². The summed E-state index contributed by atoms with van der Waals surface area (Å²) in [6.07, 6.45) is -6.07. The predicted molar refractivity (Wildman–Crippen MR) is 107 cm³/mol. The first kappa shape index (κ1) is 26.9. The second-order valence-electron chi connectivity index (χ2n) is 7.20. The molecule has 192 valence electrons. The summed E-state index contributed by atoms with van der Waals surface area (Å²) >= 11 is 0. The van der Waals surface area contributed by atoms with Crippen LogP contribution in [0.25, 0.3) is 0 Å². The topological polar surface area (TPSA) is 210 Å². The molecule has 0 aromatic rings. The molecule has 2 heterocycles. The van der Waals surface area contributed by atoms with E-state index in [4.69, 9.17) is 28.4 Å². The summed E-state index contributed by atoms with van der Waals surface area (Å²) in [4.78, 5) is 69.6. The van der Waals surface area contributed by atoms with E-state index < -0.39 is 96.4 Å². The Bertz CT molecular complexity index is 918. The first-order valence-corrected chi connectivity index (χ1v) is 9.98. The number of ether oxygens (including phenoxy) is 6. The molecule has 0 bridgehead atoms. The van der Waals surface area contributed by atoms with Gasteiger partial charge in [-0.1, -0.05) is 0 Å². The standard InChI is InChI=1S/C20H23NO14/c1-7(22)30-5-11(32-9(3)24)17-15(26)13(19(28)34-17)21-14-16(27)18(35-20(14)29)12(33-10(4)25)6-31-8(2)23/h11-12,17-18,21,26-27H,5-6H2,1-4H3/t11-,12-,17+,18+/m0/s1. The number of carbonyl (C=O) groups excluding carboxylic acids is 6. The highest BCUT2D eigenvalue weighted by atomic mass is 16.6. The number of aliphatic hydroxyl groups is 2. The zero-order valence-corrected chi connectivity index (χ0v) is 19.0. The van der Waals surface area contributed by atoms with Crippen molar-refractivity contribution in [2.75, 3.05) is 13.2 Å². The van der Waals surface area contributed by atoms with Crippen molar-refractivity contribution < 1.29 is 67.4 Å². The molecular formula is C20H23NO14. The average Bonchev–Trinajstić information content (AvgIpc) is 3.18.